The molecule has 7 heteroatoms. The maximum atomic E-state index is 5.90. The van der Waals surface area contributed by atoms with Gasteiger partial charge in [0.1, 0.15) is 6.54 Å². The number of aryl methyl sites for hydroxylation is 1. The number of guanidine groups is 1. The van der Waals surface area contributed by atoms with Gasteiger partial charge >= 0.3 is 0 Å². The zero-order chi connectivity index (χ0) is 20.6. The molecule has 1 aromatic carbocycles. The molecule has 166 valence electrons. The van der Waals surface area contributed by atoms with Gasteiger partial charge in [-0.25, -0.2) is 9.98 Å². The van der Waals surface area contributed by atoms with Crippen molar-refractivity contribution in [3.8, 4) is 11.3 Å². The molecule has 6 nitrogen and oxygen atoms in total. The SMILES string of the molecule is CCNC(=NCc1ncc(-c2ccc(C)cc2)o1)NC1CCN(CC(C)C)CC1.I. The summed E-state index contributed by atoms with van der Waals surface area (Å²) in [4.78, 5) is 11.6. The third-order valence-corrected chi connectivity index (χ3v) is 5.16. The first-order chi connectivity index (χ1) is 14.0. The predicted octanol–water partition coefficient (Wildman–Crippen LogP) is 4.44. The number of hydrogen-bond acceptors (Lipinski definition) is 4. The quantitative estimate of drug-likeness (QED) is 0.318. The topological polar surface area (TPSA) is 65.7 Å². The van der Waals surface area contributed by atoms with Gasteiger partial charge in [0, 0.05) is 37.8 Å². The molecule has 2 heterocycles. The van der Waals surface area contributed by atoms with Crippen molar-refractivity contribution in [3.05, 3.63) is 41.9 Å². The molecule has 2 N–H and O–H groups in total. The van der Waals surface area contributed by atoms with Gasteiger partial charge in [0.25, 0.3) is 0 Å². The zero-order valence-electron chi connectivity index (χ0n) is 18.6. The van der Waals surface area contributed by atoms with Gasteiger partial charge in [0.05, 0.1) is 6.20 Å². The van der Waals surface area contributed by atoms with Gasteiger partial charge in [0.15, 0.2) is 11.7 Å². The van der Waals surface area contributed by atoms with Crippen LogP contribution in [0.3, 0.4) is 0 Å². The summed E-state index contributed by atoms with van der Waals surface area (Å²) in [5, 5.41) is 6.93. The van der Waals surface area contributed by atoms with Crippen LogP contribution >= 0.6 is 24.0 Å². The Morgan fingerprint density at radius 1 is 1.23 bits per heavy atom. The van der Waals surface area contributed by atoms with Gasteiger partial charge in [-0.05, 0) is 32.6 Å². The first kappa shape index (κ1) is 24.7. The van der Waals surface area contributed by atoms with E-state index < -0.39 is 0 Å². The van der Waals surface area contributed by atoms with Crippen molar-refractivity contribution in [2.24, 2.45) is 10.9 Å². The van der Waals surface area contributed by atoms with Crippen molar-refractivity contribution in [1.82, 2.24) is 20.5 Å². The van der Waals surface area contributed by atoms with E-state index in [0.29, 0.717) is 18.5 Å². The largest absolute Gasteiger partial charge is 0.439 e. The molecule has 0 saturated carbocycles. The Kier molecular flexibility index (Phi) is 10.1. The van der Waals surface area contributed by atoms with Crippen LogP contribution in [-0.2, 0) is 6.54 Å². The molecule has 0 unspecified atom stereocenters. The molecule has 3 rings (SSSR count). The Bertz CT molecular complexity index is 779. The second-order valence-electron chi connectivity index (χ2n) is 8.29. The Labute approximate surface area is 198 Å². The highest BCUT2D eigenvalue weighted by Crippen LogP contribution is 2.21. The third kappa shape index (κ3) is 7.58. The van der Waals surface area contributed by atoms with Crippen LogP contribution in [0.15, 0.2) is 39.9 Å². The maximum Gasteiger partial charge on any atom is 0.216 e. The second kappa shape index (κ2) is 12.3. The van der Waals surface area contributed by atoms with Crippen molar-refractivity contribution in [2.45, 2.75) is 53.1 Å². The molecular weight excluding hydrogens is 489 g/mol. The first-order valence-electron chi connectivity index (χ1n) is 10.8. The van der Waals surface area contributed by atoms with E-state index in [1.165, 1.54) is 12.1 Å². The molecule has 1 aliphatic rings. The number of aromatic nitrogens is 1. The lowest BCUT2D eigenvalue weighted by Gasteiger charge is -2.33. The number of nitrogens with one attached hydrogen (secondary N) is 2. The molecule has 1 aromatic heterocycles. The highest BCUT2D eigenvalue weighted by molar-refractivity contribution is 14.0. The predicted molar refractivity (Wildman–Crippen MR) is 134 cm³/mol. The van der Waals surface area contributed by atoms with E-state index in [1.54, 1.807) is 6.20 Å². The molecule has 0 atom stereocenters. The summed E-state index contributed by atoms with van der Waals surface area (Å²) in [6.45, 7) is 13.5. The fourth-order valence-corrected chi connectivity index (χ4v) is 3.67. The number of aliphatic imine (C=N–C) groups is 1. The van der Waals surface area contributed by atoms with Gasteiger partial charge < -0.3 is 20.0 Å². The van der Waals surface area contributed by atoms with Crippen LogP contribution in [-0.4, -0.2) is 48.1 Å². The van der Waals surface area contributed by atoms with Crippen LogP contribution in [0.25, 0.3) is 11.3 Å². The van der Waals surface area contributed by atoms with Gasteiger partial charge in [-0.3, -0.25) is 0 Å². The summed E-state index contributed by atoms with van der Waals surface area (Å²) < 4.78 is 5.90. The lowest BCUT2D eigenvalue weighted by atomic mass is 10.0. The molecule has 2 aromatic rings. The first-order valence-corrected chi connectivity index (χ1v) is 10.8. The number of likely N-dealkylation sites (tertiary alicyclic amines) is 1. The Morgan fingerprint density at radius 2 is 1.93 bits per heavy atom. The summed E-state index contributed by atoms with van der Waals surface area (Å²) >= 11 is 0. The van der Waals surface area contributed by atoms with Crippen molar-refractivity contribution >= 4 is 29.9 Å². The van der Waals surface area contributed by atoms with E-state index in [1.807, 2.05) is 0 Å². The molecule has 0 bridgehead atoms. The third-order valence-electron chi connectivity index (χ3n) is 5.16. The molecular formula is C23H36IN5O. The fraction of sp³-hybridized carbons (Fsp3) is 0.565. The van der Waals surface area contributed by atoms with Crippen LogP contribution in [0.5, 0.6) is 0 Å². The second-order valence-corrected chi connectivity index (χ2v) is 8.29. The lowest BCUT2D eigenvalue weighted by molar-refractivity contribution is 0.187. The number of piperidine rings is 1. The van der Waals surface area contributed by atoms with E-state index in [2.05, 4.69) is 72.5 Å². The van der Waals surface area contributed by atoms with E-state index in [4.69, 9.17) is 9.41 Å². The highest BCUT2D eigenvalue weighted by Gasteiger charge is 2.20. The van der Waals surface area contributed by atoms with E-state index in [9.17, 15) is 0 Å². The van der Waals surface area contributed by atoms with Crippen molar-refractivity contribution in [1.29, 1.82) is 0 Å². The highest BCUT2D eigenvalue weighted by atomic mass is 127. The van der Waals surface area contributed by atoms with E-state index in [0.717, 1.165) is 55.7 Å². The average molecular weight is 525 g/mol. The average Bonchev–Trinajstić information content (AvgIpc) is 3.17. The minimum absolute atomic E-state index is 0. The van der Waals surface area contributed by atoms with Crippen LogP contribution in [0.1, 0.15) is 45.1 Å². The lowest BCUT2D eigenvalue weighted by Crippen LogP contribution is -2.49. The van der Waals surface area contributed by atoms with Gasteiger partial charge in [-0.15, -0.1) is 24.0 Å². The minimum Gasteiger partial charge on any atom is -0.439 e. The summed E-state index contributed by atoms with van der Waals surface area (Å²) in [5.41, 5.74) is 2.27. The number of hydrogen-bond donors (Lipinski definition) is 2. The number of rotatable bonds is 7. The van der Waals surface area contributed by atoms with Crippen LogP contribution in [0.2, 0.25) is 0 Å². The number of nitrogens with zero attached hydrogens (tertiary/aromatic N) is 3. The van der Waals surface area contributed by atoms with Crippen molar-refractivity contribution in [3.63, 3.8) is 0 Å². The monoisotopic (exact) mass is 525 g/mol. The van der Waals surface area contributed by atoms with Crippen LogP contribution in [0, 0.1) is 12.8 Å². The Morgan fingerprint density at radius 3 is 2.57 bits per heavy atom. The maximum absolute atomic E-state index is 5.90. The number of oxazole rings is 1. The zero-order valence-corrected chi connectivity index (χ0v) is 21.0. The molecule has 0 spiro atoms. The van der Waals surface area contributed by atoms with Crippen LogP contribution < -0.4 is 10.6 Å². The van der Waals surface area contributed by atoms with Gasteiger partial charge in [-0.2, -0.15) is 0 Å². The van der Waals surface area contributed by atoms with Crippen molar-refractivity contribution < 1.29 is 4.42 Å². The molecule has 1 fully saturated rings. The molecule has 1 saturated heterocycles. The molecule has 0 radical (unpaired) electrons. The number of benzene rings is 1. The standard InChI is InChI=1S/C23H35N5O.HI/c1-5-24-23(27-20-10-12-28(13-11-20)16-17(2)3)26-15-22-25-14-21(29-22)19-8-6-18(4)7-9-19;/h6-9,14,17,20H,5,10-13,15-16H2,1-4H3,(H2,24,26,27);1H. The summed E-state index contributed by atoms with van der Waals surface area (Å²) in [7, 11) is 0. The van der Waals surface area contributed by atoms with Gasteiger partial charge in [-0.1, -0.05) is 43.7 Å². The molecule has 0 aliphatic carbocycles. The summed E-state index contributed by atoms with van der Waals surface area (Å²) in [6, 6.07) is 8.73. The number of halogens is 1. The fourth-order valence-electron chi connectivity index (χ4n) is 3.67. The van der Waals surface area contributed by atoms with Gasteiger partial charge in [0.2, 0.25) is 5.89 Å². The molecule has 1 aliphatic heterocycles. The Balaban J connectivity index is 0.00000320. The summed E-state index contributed by atoms with van der Waals surface area (Å²) in [5.74, 6) is 2.98. The smallest absolute Gasteiger partial charge is 0.216 e. The Hall–Kier alpha value is -1.61. The van der Waals surface area contributed by atoms with Crippen LogP contribution in [0.4, 0.5) is 0 Å². The van der Waals surface area contributed by atoms with E-state index >= 15 is 0 Å². The normalized spacial score (nSPS) is 15.8. The minimum atomic E-state index is 0. The molecule has 30 heavy (non-hydrogen) atoms. The van der Waals surface area contributed by atoms with E-state index in [-0.39, 0.29) is 24.0 Å². The summed E-state index contributed by atoms with van der Waals surface area (Å²) in [6.07, 6.45) is 4.07. The molecule has 0 amide bonds. The van der Waals surface area contributed by atoms with Crippen molar-refractivity contribution in [2.75, 3.05) is 26.2 Å².